The number of fused-ring (bicyclic) bond motifs is 2. The first kappa shape index (κ1) is 20.8. The van der Waals surface area contributed by atoms with Gasteiger partial charge in [-0.1, -0.05) is 0 Å². The quantitative estimate of drug-likeness (QED) is 0.197. The number of hydrogen-bond donors (Lipinski definition) is 0. The van der Waals surface area contributed by atoms with Crippen LogP contribution in [0.25, 0.3) is 21.9 Å². The van der Waals surface area contributed by atoms with E-state index in [1.165, 1.54) is 30.3 Å². The Kier molecular flexibility index (Phi) is 5.32. The van der Waals surface area contributed by atoms with Crippen molar-refractivity contribution in [2.45, 2.75) is 5.51 Å². The van der Waals surface area contributed by atoms with Gasteiger partial charge in [0.2, 0.25) is 0 Å². The first-order chi connectivity index (χ1) is 14.2. The summed E-state index contributed by atoms with van der Waals surface area (Å²) in [7, 11) is -5.82. The van der Waals surface area contributed by atoms with E-state index < -0.39 is 35.9 Å². The summed E-state index contributed by atoms with van der Waals surface area (Å²) < 4.78 is 73.3. The molecule has 10 heteroatoms. The zero-order valence-corrected chi connectivity index (χ0v) is 17.9. The zero-order valence-electron chi connectivity index (χ0n) is 14.9. The van der Waals surface area contributed by atoms with E-state index in [-0.39, 0.29) is 20.0 Å². The molecule has 30 heavy (non-hydrogen) atoms. The molecule has 1 aromatic heterocycles. The first-order valence-corrected chi connectivity index (χ1v) is 12.8. The van der Waals surface area contributed by atoms with Gasteiger partial charge in [0.25, 0.3) is 0 Å². The summed E-state index contributed by atoms with van der Waals surface area (Å²) in [5, 5.41) is 0.448. The van der Waals surface area contributed by atoms with Gasteiger partial charge in [-0.15, -0.1) is 0 Å². The van der Waals surface area contributed by atoms with Gasteiger partial charge in [0.15, 0.2) is 0 Å². The second-order valence-electron chi connectivity index (χ2n) is 6.08. The van der Waals surface area contributed by atoms with E-state index in [1.807, 2.05) is 0 Å². The molecule has 156 valence electrons. The molecule has 3 aromatic carbocycles. The van der Waals surface area contributed by atoms with Crippen molar-refractivity contribution in [2.75, 3.05) is 0 Å². The summed E-state index contributed by atoms with van der Waals surface area (Å²) >= 11 is -3.58. The first-order valence-electron chi connectivity index (χ1n) is 8.39. The molecule has 0 aliphatic rings. The molecule has 0 amide bonds. The number of benzene rings is 3. The van der Waals surface area contributed by atoms with Crippen LogP contribution in [0.2, 0.25) is 0 Å². The third-order valence-electron chi connectivity index (χ3n) is 4.10. The van der Waals surface area contributed by atoms with Crippen LogP contribution in [0.15, 0.2) is 82.0 Å². The van der Waals surface area contributed by atoms with Crippen LogP contribution in [0.1, 0.15) is 0 Å². The fourth-order valence-corrected chi connectivity index (χ4v) is 9.28. The molecule has 4 aromatic rings. The molecule has 0 saturated heterocycles. The van der Waals surface area contributed by atoms with Crippen molar-refractivity contribution in [3.63, 3.8) is 0 Å². The van der Waals surface area contributed by atoms with Gasteiger partial charge in [-0.3, -0.25) is 0 Å². The molecular weight excluding hydrogens is 536 g/mol. The summed E-state index contributed by atoms with van der Waals surface area (Å²) in [6.45, 7) is 0. The summed E-state index contributed by atoms with van der Waals surface area (Å²) in [6, 6.07) is 18.6. The Bertz CT molecular complexity index is 1400. The SMILES string of the molecule is O=c1c2ccccc2oc2ccc(I(OS(=O)(=O)C(F)(F)F)c3ccccc3)cc12. The van der Waals surface area contributed by atoms with E-state index in [4.69, 9.17) is 6.93 Å². The van der Waals surface area contributed by atoms with Crippen LogP contribution in [-0.4, -0.2) is 13.9 Å². The fraction of sp³-hybridized carbons (Fsp3) is 0.0500. The van der Waals surface area contributed by atoms with Gasteiger partial charge in [-0.2, -0.15) is 0 Å². The second kappa shape index (κ2) is 7.67. The van der Waals surface area contributed by atoms with Crippen molar-refractivity contribution in [2.24, 2.45) is 0 Å². The Hall–Kier alpha value is -2.44. The standard InChI is InChI=1S/C20H12F3IO5S/c21-20(22,23)30(26,27)29-24(13-6-2-1-3-7-13)14-10-11-18-16(12-14)19(25)15-8-4-5-9-17(15)28-18/h1-12H. The van der Waals surface area contributed by atoms with Crippen molar-refractivity contribution < 1.29 is 28.5 Å². The predicted octanol–water partition coefficient (Wildman–Crippen LogP) is 5.27. The van der Waals surface area contributed by atoms with Crippen LogP contribution >= 0.6 is 20.2 Å². The topological polar surface area (TPSA) is 73.6 Å². The van der Waals surface area contributed by atoms with E-state index in [0.29, 0.717) is 14.5 Å². The van der Waals surface area contributed by atoms with Crippen LogP contribution in [0.5, 0.6) is 0 Å². The van der Waals surface area contributed by atoms with E-state index in [9.17, 15) is 26.4 Å². The maximum atomic E-state index is 13.0. The molecule has 0 fully saturated rings. The second-order valence-corrected chi connectivity index (χ2v) is 12.6. The molecule has 4 rings (SSSR count). The van der Waals surface area contributed by atoms with E-state index in [2.05, 4.69) is 0 Å². The van der Waals surface area contributed by atoms with Gasteiger partial charge in [-0.05, 0) is 0 Å². The Labute approximate surface area is 176 Å². The normalized spacial score (nSPS) is 13.0. The van der Waals surface area contributed by atoms with Gasteiger partial charge in [-0.25, -0.2) is 0 Å². The van der Waals surface area contributed by atoms with Crippen LogP contribution in [0, 0.1) is 7.14 Å². The molecule has 0 aliphatic heterocycles. The van der Waals surface area contributed by atoms with E-state index >= 15 is 0 Å². The van der Waals surface area contributed by atoms with Crippen LogP contribution in [0.4, 0.5) is 13.2 Å². The molecule has 0 unspecified atom stereocenters. The van der Waals surface area contributed by atoms with Gasteiger partial charge in [0, 0.05) is 0 Å². The number of alkyl halides is 3. The molecular formula is C20H12F3IO5S. The minimum atomic E-state index is -5.82. The van der Waals surface area contributed by atoms with Crippen molar-refractivity contribution in [1.29, 1.82) is 0 Å². The molecule has 0 aliphatic carbocycles. The summed E-state index contributed by atoms with van der Waals surface area (Å²) in [6.07, 6.45) is 0. The summed E-state index contributed by atoms with van der Waals surface area (Å²) in [4.78, 5) is 12.9. The number of halogens is 4. The number of para-hydroxylation sites is 1. The van der Waals surface area contributed by atoms with Gasteiger partial charge >= 0.3 is 176 Å². The van der Waals surface area contributed by atoms with E-state index in [1.54, 1.807) is 42.5 Å². The molecule has 0 spiro atoms. The van der Waals surface area contributed by atoms with E-state index in [0.717, 1.165) is 0 Å². The Balaban J connectivity index is 1.91. The third kappa shape index (κ3) is 3.82. The van der Waals surface area contributed by atoms with Crippen molar-refractivity contribution in [3.05, 3.63) is 90.2 Å². The van der Waals surface area contributed by atoms with Gasteiger partial charge in [0.1, 0.15) is 0 Å². The Morgan fingerprint density at radius 1 is 0.800 bits per heavy atom. The molecule has 0 N–H and O–H groups in total. The Morgan fingerprint density at radius 3 is 2.13 bits per heavy atom. The monoisotopic (exact) mass is 548 g/mol. The Morgan fingerprint density at radius 2 is 1.43 bits per heavy atom. The number of rotatable bonds is 4. The zero-order chi connectivity index (χ0) is 21.5. The molecule has 0 bridgehead atoms. The van der Waals surface area contributed by atoms with Gasteiger partial charge in [0.05, 0.1) is 0 Å². The predicted molar refractivity (Wildman–Crippen MR) is 114 cm³/mol. The molecule has 1 heterocycles. The van der Waals surface area contributed by atoms with Crippen molar-refractivity contribution in [1.82, 2.24) is 0 Å². The fourth-order valence-electron chi connectivity index (χ4n) is 2.73. The van der Waals surface area contributed by atoms with Crippen LogP contribution < -0.4 is 5.43 Å². The average Bonchev–Trinajstić information content (AvgIpc) is 2.72. The van der Waals surface area contributed by atoms with Crippen molar-refractivity contribution in [3.8, 4) is 0 Å². The van der Waals surface area contributed by atoms with Gasteiger partial charge < -0.3 is 0 Å². The van der Waals surface area contributed by atoms with Crippen LogP contribution in [0.3, 0.4) is 0 Å². The summed E-state index contributed by atoms with van der Waals surface area (Å²) in [5.74, 6) is 0. The molecule has 5 nitrogen and oxygen atoms in total. The number of hydrogen-bond acceptors (Lipinski definition) is 5. The summed E-state index contributed by atoms with van der Waals surface area (Å²) in [5.41, 5.74) is -5.30. The average molecular weight is 548 g/mol. The molecule has 0 radical (unpaired) electrons. The maximum absolute atomic E-state index is 13.0. The van der Waals surface area contributed by atoms with Crippen LogP contribution in [-0.2, 0) is 12.6 Å². The third-order valence-corrected chi connectivity index (χ3v) is 11.1. The minimum absolute atomic E-state index is 0.137. The van der Waals surface area contributed by atoms with Crippen molar-refractivity contribution >= 4 is 52.3 Å². The molecule has 0 atom stereocenters. The molecule has 0 saturated carbocycles.